The summed E-state index contributed by atoms with van der Waals surface area (Å²) in [6.07, 6.45) is 0. The molecule has 0 unspecified atom stereocenters. The lowest BCUT2D eigenvalue weighted by molar-refractivity contribution is -0.384. The molecule has 1 aromatic carbocycles. The summed E-state index contributed by atoms with van der Waals surface area (Å²) in [5.41, 5.74) is 1.03. The number of pyridine rings is 1. The maximum absolute atomic E-state index is 12.3. The van der Waals surface area contributed by atoms with Crippen molar-refractivity contribution in [3.8, 4) is 11.3 Å². The normalized spacial score (nSPS) is 10.5. The number of nitro groups is 1. The fourth-order valence-corrected chi connectivity index (χ4v) is 2.54. The average Bonchev–Trinajstić information content (AvgIpc) is 3.08. The molecule has 0 bridgehead atoms. The van der Waals surface area contributed by atoms with Gasteiger partial charge in [-0.2, -0.15) is 0 Å². The van der Waals surface area contributed by atoms with Crippen LogP contribution in [0.2, 0.25) is 0 Å². The summed E-state index contributed by atoms with van der Waals surface area (Å²) in [4.78, 5) is 27.2. The van der Waals surface area contributed by atoms with Crippen molar-refractivity contribution in [1.29, 1.82) is 0 Å². The Balaban J connectivity index is 1.85. The van der Waals surface area contributed by atoms with Crippen LogP contribution in [-0.2, 0) is 0 Å². The van der Waals surface area contributed by atoms with Gasteiger partial charge >= 0.3 is 0 Å². The van der Waals surface area contributed by atoms with E-state index in [0.29, 0.717) is 11.4 Å². The number of carbonyl (C=O) groups excluding carboxylic acids is 1. The maximum atomic E-state index is 12.3. The summed E-state index contributed by atoms with van der Waals surface area (Å²) < 4.78 is 6.50. The van der Waals surface area contributed by atoms with Crippen LogP contribution in [0.3, 0.4) is 0 Å². The lowest BCUT2D eigenvalue weighted by atomic mass is 10.1. The smallest absolute Gasteiger partial charge is 0.292 e. The number of hydrogen-bond donors (Lipinski definition) is 1. The highest BCUT2D eigenvalue weighted by molar-refractivity contribution is 14.1. The summed E-state index contributed by atoms with van der Waals surface area (Å²) in [5.74, 6) is 0.236. The van der Waals surface area contributed by atoms with Crippen molar-refractivity contribution in [2.24, 2.45) is 0 Å². The Bertz CT molecular complexity index is 968. The van der Waals surface area contributed by atoms with Gasteiger partial charge in [-0.25, -0.2) is 4.98 Å². The predicted octanol–water partition coefficient (Wildman–Crippen LogP) is 4.42. The van der Waals surface area contributed by atoms with Crippen molar-refractivity contribution in [3.63, 3.8) is 0 Å². The summed E-state index contributed by atoms with van der Waals surface area (Å²) in [6.45, 7) is 1.84. The Kier molecular flexibility index (Phi) is 4.79. The van der Waals surface area contributed by atoms with Gasteiger partial charge in [0, 0.05) is 9.64 Å². The molecule has 0 saturated carbocycles. The molecule has 0 fully saturated rings. The van der Waals surface area contributed by atoms with Crippen molar-refractivity contribution in [2.75, 3.05) is 5.32 Å². The number of furan rings is 1. The van der Waals surface area contributed by atoms with E-state index in [0.717, 1.165) is 9.26 Å². The molecule has 2 aromatic heterocycles. The first kappa shape index (κ1) is 17.1. The first-order chi connectivity index (χ1) is 12.0. The lowest BCUT2D eigenvalue weighted by Gasteiger charge is -2.04. The standard InChI is InChI=1S/C17H12IN3O4/c1-10-12(18)6-9-16(19-10)20-17(22)15-8-7-14(25-15)11-4-2-3-5-13(11)21(23)24/h2-9H,1H3,(H,19,20,22). The van der Waals surface area contributed by atoms with Crippen molar-refractivity contribution >= 4 is 40.0 Å². The number of para-hydroxylation sites is 1. The minimum absolute atomic E-state index is 0.0474. The molecule has 126 valence electrons. The second-order valence-electron chi connectivity index (χ2n) is 5.16. The molecule has 0 atom stereocenters. The minimum Gasteiger partial charge on any atom is -0.451 e. The highest BCUT2D eigenvalue weighted by Gasteiger charge is 2.19. The summed E-state index contributed by atoms with van der Waals surface area (Å²) in [6, 6.07) is 12.7. The van der Waals surface area contributed by atoms with Gasteiger partial charge in [-0.1, -0.05) is 12.1 Å². The van der Waals surface area contributed by atoms with E-state index >= 15 is 0 Å². The number of nitrogens with one attached hydrogen (secondary N) is 1. The molecule has 1 N–H and O–H groups in total. The molecule has 3 aromatic rings. The molecule has 0 spiro atoms. The number of aromatic nitrogens is 1. The van der Waals surface area contributed by atoms with Crippen LogP contribution in [0.15, 0.2) is 52.9 Å². The van der Waals surface area contributed by atoms with Gasteiger partial charge < -0.3 is 9.73 Å². The quantitative estimate of drug-likeness (QED) is 0.362. The lowest BCUT2D eigenvalue weighted by Crippen LogP contribution is -2.12. The van der Waals surface area contributed by atoms with E-state index in [1.165, 1.54) is 18.2 Å². The third kappa shape index (κ3) is 3.68. The Morgan fingerprint density at radius 1 is 1.20 bits per heavy atom. The van der Waals surface area contributed by atoms with Gasteiger partial charge in [0.05, 0.1) is 16.2 Å². The maximum Gasteiger partial charge on any atom is 0.292 e. The third-order valence-corrected chi connectivity index (χ3v) is 4.60. The molecule has 0 aliphatic heterocycles. The van der Waals surface area contributed by atoms with Gasteiger partial charge in [0.1, 0.15) is 11.6 Å². The van der Waals surface area contributed by atoms with Crippen LogP contribution in [-0.4, -0.2) is 15.8 Å². The first-order valence-electron chi connectivity index (χ1n) is 7.24. The van der Waals surface area contributed by atoms with Crippen molar-refractivity contribution < 1.29 is 14.1 Å². The number of amides is 1. The van der Waals surface area contributed by atoms with E-state index in [2.05, 4.69) is 32.9 Å². The van der Waals surface area contributed by atoms with Gasteiger partial charge in [-0.05, 0) is 59.8 Å². The van der Waals surface area contributed by atoms with Gasteiger partial charge in [0.2, 0.25) is 0 Å². The Hall–Kier alpha value is -2.75. The predicted molar refractivity (Wildman–Crippen MR) is 100 cm³/mol. The molecule has 0 saturated heterocycles. The number of rotatable bonds is 4. The fourth-order valence-electron chi connectivity index (χ4n) is 2.24. The minimum atomic E-state index is -0.490. The van der Waals surface area contributed by atoms with Crippen LogP contribution in [0, 0.1) is 20.6 Å². The first-order valence-corrected chi connectivity index (χ1v) is 8.31. The number of nitrogens with zero attached hydrogens (tertiary/aromatic N) is 2. The van der Waals surface area contributed by atoms with Crippen LogP contribution in [0.25, 0.3) is 11.3 Å². The number of anilines is 1. The molecule has 8 heteroatoms. The number of nitro benzene ring substituents is 1. The molecule has 1 amide bonds. The van der Waals surface area contributed by atoms with Gasteiger partial charge in [-0.3, -0.25) is 14.9 Å². The Morgan fingerprint density at radius 3 is 2.68 bits per heavy atom. The fraction of sp³-hybridized carbons (Fsp3) is 0.0588. The summed E-state index contributed by atoms with van der Waals surface area (Å²) in [5, 5.41) is 13.8. The van der Waals surface area contributed by atoms with Gasteiger partial charge in [-0.15, -0.1) is 0 Å². The zero-order valence-corrected chi connectivity index (χ0v) is 15.2. The van der Waals surface area contributed by atoms with Crippen molar-refractivity contribution in [1.82, 2.24) is 4.98 Å². The van der Waals surface area contributed by atoms with Crippen molar-refractivity contribution in [3.05, 3.63) is 73.7 Å². The zero-order valence-electron chi connectivity index (χ0n) is 13.0. The van der Waals surface area contributed by atoms with Crippen molar-refractivity contribution in [2.45, 2.75) is 6.92 Å². The molecule has 2 heterocycles. The van der Waals surface area contributed by atoms with E-state index < -0.39 is 10.8 Å². The number of halogens is 1. The number of hydrogen-bond acceptors (Lipinski definition) is 5. The summed E-state index contributed by atoms with van der Waals surface area (Å²) in [7, 11) is 0. The largest absolute Gasteiger partial charge is 0.451 e. The second-order valence-corrected chi connectivity index (χ2v) is 6.32. The molecule has 3 rings (SSSR count). The van der Waals surface area contributed by atoms with Crippen LogP contribution in [0.5, 0.6) is 0 Å². The average molecular weight is 449 g/mol. The highest BCUT2D eigenvalue weighted by Crippen LogP contribution is 2.31. The molecule has 0 aliphatic carbocycles. The van der Waals surface area contributed by atoms with E-state index in [-0.39, 0.29) is 17.2 Å². The second kappa shape index (κ2) is 7.01. The van der Waals surface area contributed by atoms with Crippen LogP contribution in [0.4, 0.5) is 11.5 Å². The van der Waals surface area contributed by atoms with Crippen LogP contribution >= 0.6 is 22.6 Å². The Morgan fingerprint density at radius 2 is 1.96 bits per heavy atom. The van der Waals surface area contributed by atoms with Gasteiger partial charge in [0.15, 0.2) is 5.76 Å². The molecule has 7 nitrogen and oxygen atoms in total. The SMILES string of the molecule is Cc1nc(NC(=O)c2ccc(-c3ccccc3[N+](=O)[O-])o2)ccc1I. The van der Waals surface area contributed by atoms with Crippen LogP contribution < -0.4 is 5.32 Å². The Labute approximate surface area is 156 Å². The molecule has 0 radical (unpaired) electrons. The topological polar surface area (TPSA) is 98.3 Å². The highest BCUT2D eigenvalue weighted by atomic mass is 127. The molecular weight excluding hydrogens is 437 g/mol. The number of aryl methyl sites for hydroxylation is 1. The van der Waals surface area contributed by atoms with E-state index in [1.54, 1.807) is 24.3 Å². The summed E-state index contributed by atoms with van der Waals surface area (Å²) >= 11 is 2.16. The van der Waals surface area contributed by atoms with E-state index in [9.17, 15) is 14.9 Å². The third-order valence-electron chi connectivity index (χ3n) is 3.46. The zero-order chi connectivity index (χ0) is 18.0. The van der Waals surface area contributed by atoms with E-state index in [4.69, 9.17) is 4.42 Å². The molecule has 0 aliphatic rings. The molecular formula is C17H12IN3O4. The number of carbonyl (C=O) groups is 1. The van der Waals surface area contributed by atoms with Gasteiger partial charge in [0.25, 0.3) is 11.6 Å². The number of benzene rings is 1. The van der Waals surface area contributed by atoms with Crippen LogP contribution in [0.1, 0.15) is 16.2 Å². The van der Waals surface area contributed by atoms with E-state index in [1.807, 2.05) is 13.0 Å². The monoisotopic (exact) mass is 449 g/mol. The molecule has 25 heavy (non-hydrogen) atoms.